The van der Waals surface area contributed by atoms with Crippen molar-refractivity contribution >= 4 is 44.6 Å². The summed E-state index contributed by atoms with van der Waals surface area (Å²) in [6, 6.07) is 7.02. The van der Waals surface area contributed by atoms with Crippen molar-refractivity contribution in [2.24, 2.45) is 0 Å². The van der Waals surface area contributed by atoms with Gasteiger partial charge in [-0.3, -0.25) is 4.79 Å². The van der Waals surface area contributed by atoms with Crippen LogP contribution in [0.3, 0.4) is 0 Å². The highest BCUT2D eigenvalue weighted by Crippen LogP contribution is 2.27. The van der Waals surface area contributed by atoms with Gasteiger partial charge < -0.3 is 5.32 Å². The predicted octanol–water partition coefficient (Wildman–Crippen LogP) is 4.06. The molecule has 2 rings (SSSR count). The number of hydrogen-bond donors (Lipinski definition) is 1. The molecule has 0 aliphatic rings. The molecule has 2 aromatic rings. The van der Waals surface area contributed by atoms with Gasteiger partial charge in [-0.2, -0.15) is 0 Å². The quantitative estimate of drug-likeness (QED) is 0.762. The lowest BCUT2D eigenvalue weighted by Crippen LogP contribution is -2.28. The number of benzene rings is 1. The summed E-state index contributed by atoms with van der Waals surface area (Å²) in [6.45, 7) is 4.10. The maximum absolute atomic E-state index is 12.3. The van der Waals surface area contributed by atoms with Crippen molar-refractivity contribution in [3.05, 3.63) is 45.8 Å². The molecule has 8 heteroatoms. The smallest absolute Gasteiger partial charge is 0.252 e. The molecule has 0 fully saturated rings. The highest BCUT2D eigenvalue weighted by Gasteiger charge is 2.21. The zero-order chi connectivity index (χ0) is 18.6. The first-order valence-corrected chi connectivity index (χ1v) is 10.5. The number of sulfonamides is 1. The number of anilines is 1. The van der Waals surface area contributed by atoms with Gasteiger partial charge >= 0.3 is 0 Å². The van der Waals surface area contributed by atoms with Gasteiger partial charge in [-0.05, 0) is 48.9 Å². The first-order valence-electron chi connectivity index (χ1n) is 7.78. The summed E-state index contributed by atoms with van der Waals surface area (Å²) in [6.07, 6.45) is 0.642. The van der Waals surface area contributed by atoms with Gasteiger partial charge in [0.25, 0.3) is 10.0 Å². The van der Waals surface area contributed by atoms with Crippen molar-refractivity contribution in [2.75, 3.05) is 18.9 Å². The van der Waals surface area contributed by atoms with E-state index in [2.05, 4.69) is 5.32 Å². The zero-order valence-electron chi connectivity index (χ0n) is 14.4. The Labute approximate surface area is 157 Å². The fourth-order valence-corrected chi connectivity index (χ4v) is 5.20. The Bertz CT molecular complexity index is 826. The van der Waals surface area contributed by atoms with E-state index in [-0.39, 0.29) is 18.9 Å². The van der Waals surface area contributed by atoms with Crippen molar-refractivity contribution in [3.63, 3.8) is 0 Å². The number of nitrogens with one attached hydrogen (secondary N) is 1. The summed E-state index contributed by atoms with van der Waals surface area (Å²) in [5, 5.41) is 5.04. The van der Waals surface area contributed by atoms with Crippen molar-refractivity contribution in [1.29, 1.82) is 0 Å². The molecule has 25 heavy (non-hydrogen) atoms. The van der Waals surface area contributed by atoms with E-state index >= 15 is 0 Å². The van der Waals surface area contributed by atoms with Crippen LogP contribution in [-0.4, -0.2) is 32.2 Å². The van der Waals surface area contributed by atoms with Crippen LogP contribution in [0.25, 0.3) is 0 Å². The Morgan fingerprint density at radius 3 is 2.64 bits per heavy atom. The first-order chi connectivity index (χ1) is 11.7. The molecule has 1 aromatic heterocycles. The largest absolute Gasteiger partial charge is 0.325 e. The summed E-state index contributed by atoms with van der Waals surface area (Å²) >= 11 is 7.36. The second-order valence-corrected chi connectivity index (χ2v) is 9.48. The van der Waals surface area contributed by atoms with E-state index in [1.54, 1.807) is 23.6 Å². The van der Waals surface area contributed by atoms with Crippen LogP contribution in [0.1, 0.15) is 24.0 Å². The van der Waals surface area contributed by atoms with Crippen LogP contribution in [0.5, 0.6) is 0 Å². The van der Waals surface area contributed by atoms with Crippen LogP contribution in [0.15, 0.2) is 33.9 Å². The fraction of sp³-hybridized carbons (Fsp3) is 0.353. The molecule has 0 unspecified atom stereocenters. The maximum Gasteiger partial charge on any atom is 0.252 e. The normalized spacial score (nSPS) is 11.7. The van der Waals surface area contributed by atoms with Crippen LogP contribution >= 0.6 is 22.9 Å². The maximum atomic E-state index is 12.3. The average Bonchev–Trinajstić information content (AvgIpc) is 3.05. The Hall–Kier alpha value is -1.41. The van der Waals surface area contributed by atoms with Crippen molar-refractivity contribution in [3.8, 4) is 0 Å². The van der Waals surface area contributed by atoms with Gasteiger partial charge in [0.15, 0.2) is 0 Å². The molecular weight excluding hydrogens is 380 g/mol. The van der Waals surface area contributed by atoms with Gasteiger partial charge in [-0.25, -0.2) is 12.7 Å². The molecule has 1 N–H and O–H groups in total. The van der Waals surface area contributed by atoms with Crippen LogP contribution in [0, 0.1) is 13.8 Å². The lowest BCUT2D eigenvalue weighted by molar-refractivity contribution is -0.116. The van der Waals surface area contributed by atoms with Crippen molar-refractivity contribution in [1.82, 2.24) is 4.31 Å². The van der Waals surface area contributed by atoms with Gasteiger partial charge in [0.2, 0.25) is 5.91 Å². The second-order valence-electron chi connectivity index (χ2n) is 5.85. The van der Waals surface area contributed by atoms with E-state index < -0.39 is 10.0 Å². The Balaban J connectivity index is 1.89. The zero-order valence-corrected chi connectivity index (χ0v) is 16.8. The summed E-state index contributed by atoms with van der Waals surface area (Å²) in [5.74, 6) is -0.184. The number of carbonyl (C=O) groups excluding carboxylic acids is 1. The summed E-state index contributed by atoms with van der Waals surface area (Å²) in [5.41, 5.74) is 2.54. The van der Waals surface area contributed by atoms with E-state index in [0.29, 0.717) is 21.3 Å². The monoisotopic (exact) mass is 400 g/mol. The number of halogens is 1. The Morgan fingerprint density at radius 1 is 1.32 bits per heavy atom. The molecule has 0 aliphatic heterocycles. The molecule has 0 spiro atoms. The van der Waals surface area contributed by atoms with E-state index in [1.165, 1.54) is 22.7 Å². The minimum atomic E-state index is -3.47. The Morgan fingerprint density at radius 2 is 2.04 bits per heavy atom. The number of rotatable bonds is 7. The fourth-order valence-electron chi connectivity index (χ4n) is 2.42. The molecule has 0 radical (unpaired) electrons. The molecule has 1 aromatic carbocycles. The molecule has 0 bridgehead atoms. The average molecular weight is 401 g/mol. The van der Waals surface area contributed by atoms with Crippen LogP contribution in [0.4, 0.5) is 5.69 Å². The number of nitrogens with zero attached hydrogens (tertiary/aromatic N) is 1. The third-order valence-corrected chi connectivity index (χ3v) is 7.26. The molecule has 136 valence electrons. The number of thiophene rings is 1. The van der Waals surface area contributed by atoms with E-state index in [1.807, 2.05) is 19.9 Å². The summed E-state index contributed by atoms with van der Waals surface area (Å²) in [7, 11) is -1.95. The number of aryl methyl sites for hydroxylation is 2. The molecular formula is C17H21ClN2O3S2. The third-order valence-electron chi connectivity index (χ3n) is 3.73. The predicted molar refractivity (Wildman–Crippen MR) is 103 cm³/mol. The van der Waals surface area contributed by atoms with Gasteiger partial charge in [0, 0.05) is 20.0 Å². The van der Waals surface area contributed by atoms with E-state index in [9.17, 15) is 13.2 Å². The number of carbonyl (C=O) groups is 1. The summed E-state index contributed by atoms with van der Waals surface area (Å²) < 4.78 is 26.2. The molecule has 1 heterocycles. The molecule has 0 saturated carbocycles. The van der Waals surface area contributed by atoms with E-state index in [0.717, 1.165) is 11.1 Å². The topological polar surface area (TPSA) is 66.5 Å². The van der Waals surface area contributed by atoms with Crippen molar-refractivity contribution < 1.29 is 13.2 Å². The highest BCUT2D eigenvalue weighted by molar-refractivity contribution is 7.91. The van der Waals surface area contributed by atoms with E-state index in [4.69, 9.17) is 11.6 Å². The van der Waals surface area contributed by atoms with Gasteiger partial charge in [0.05, 0.1) is 10.7 Å². The van der Waals surface area contributed by atoms with Gasteiger partial charge in [0.1, 0.15) is 4.21 Å². The number of amides is 1. The minimum Gasteiger partial charge on any atom is -0.325 e. The molecule has 0 atom stereocenters. The van der Waals surface area contributed by atoms with Crippen molar-refractivity contribution in [2.45, 2.75) is 30.9 Å². The first kappa shape index (κ1) is 19.9. The van der Waals surface area contributed by atoms with Gasteiger partial charge in [-0.15, -0.1) is 11.3 Å². The lowest BCUT2D eigenvalue weighted by Gasteiger charge is -2.16. The molecule has 1 amide bonds. The molecule has 0 saturated heterocycles. The van der Waals surface area contributed by atoms with Crippen LogP contribution in [-0.2, 0) is 14.8 Å². The molecule has 5 nitrogen and oxygen atoms in total. The Kier molecular flexibility index (Phi) is 6.62. The standard InChI is InChI=1S/C17H21ClN2O3S2/c1-12-10-13(2)17(14(18)11-12)19-15(21)6-4-8-20(3)25(22,23)16-7-5-9-24-16/h5,7,9-11H,4,6,8H2,1-3H3,(H,19,21). The lowest BCUT2D eigenvalue weighted by atomic mass is 10.1. The molecule has 0 aliphatic carbocycles. The van der Waals surface area contributed by atoms with Crippen LogP contribution in [0.2, 0.25) is 5.02 Å². The summed E-state index contributed by atoms with van der Waals surface area (Å²) in [4.78, 5) is 12.1. The minimum absolute atomic E-state index is 0.184. The second kappa shape index (κ2) is 8.31. The third kappa shape index (κ3) is 5.04. The highest BCUT2D eigenvalue weighted by atomic mass is 35.5. The number of hydrogen-bond acceptors (Lipinski definition) is 4. The van der Waals surface area contributed by atoms with Gasteiger partial charge in [-0.1, -0.05) is 23.7 Å². The SMILES string of the molecule is Cc1cc(C)c(NC(=O)CCCN(C)S(=O)(=O)c2cccs2)c(Cl)c1. The van der Waals surface area contributed by atoms with Crippen LogP contribution < -0.4 is 5.32 Å².